The molecule has 0 spiro atoms. The highest BCUT2D eigenvalue weighted by atomic mass is 32.2. The normalized spacial score (nSPS) is 23.9. The van der Waals surface area contributed by atoms with E-state index in [1.165, 1.54) is 10.6 Å². The van der Waals surface area contributed by atoms with Crippen LogP contribution in [0.5, 0.6) is 0 Å². The van der Waals surface area contributed by atoms with Crippen molar-refractivity contribution in [1.29, 1.82) is 0 Å². The second kappa shape index (κ2) is 8.55. The lowest BCUT2D eigenvalue weighted by Gasteiger charge is -2.30. The molecule has 0 amide bonds. The standard InChI is InChI=1S/C20H27F2N5OS/c1-12-4-3-5-16(12)27-18-13(10-15(17(21)22)19(27)28)11-23-20(25-18)24-14-6-8-26(29-2)9-7-14/h10-12,14,16-17H,3-9H2,1-2H3,(H,23,24,25). The van der Waals surface area contributed by atoms with Crippen LogP contribution in [-0.4, -0.2) is 44.2 Å². The number of halogens is 2. The zero-order valence-electron chi connectivity index (χ0n) is 16.8. The van der Waals surface area contributed by atoms with E-state index in [-0.39, 0.29) is 18.0 Å². The molecule has 2 unspecified atom stereocenters. The molecule has 1 saturated carbocycles. The second-order valence-corrected chi connectivity index (χ2v) is 8.94. The molecule has 2 aromatic heterocycles. The number of anilines is 1. The maximum atomic E-state index is 13.5. The van der Waals surface area contributed by atoms with Crippen molar-refractivity contribution >= 4 is 28.9 Å². The predicted octanol–water partition coefficient (Wildman–Crippen LogP) is 4.24. The third kappa shape index (κ3) is 4.12. The smallest absolute Gasteiger partial charge is 0.269 e. The number of hydrogen-bond acceptors (Lipinski definition) is 6. The first kappa shape index (κ1) is 20.5. The molecule has 1 saturated heterocycles. The van der Waals surface area contributed by atoms with Gasteiger partial charge in [0.1, 0.15) is 5.65 Å². The Bertz CT molecular complexity index is 929. The molecular formula is C20H27F2N5OS. The highest BCUT2D eigenvalue weighted by molar-refractivity contribution is 7.96. The molecule has 0 aromatic carbocycles. The molecule has 3 heterocycles. The Labute approximate surface area is 173 Å². The number of pyridine rings is 1. The van der Waals surface area contributed by atoms with Crippen molar-refractivity contribution in [3.63, 3.8) is 0 Å². The SMILES string of the molecule is CSN1CCC(Nc2ncc3cc(C(F)F)c(=O)n(C4CCCC4C)c3n2)CC1. The topological polar surface area (TPSA) is 63.1 Å². The lowest BCUT2D eigenvalue weighted by molar-refractivity contribution is 0.148. The molecule has 29 heavy (non-hydrogen) atoms. The van der Waals surface area contributed by atoms with Crippen LogP contribution in [0.2, 0.25) is 0 Å². The molecule has 2 atom stereocenters. The van der Waals surface area contributed by atoms with Gasteiger partial charge in [-0.3, -0.25) is 13.7 Å². The van der Waals surface area contributed by atoms with Crippen LogP contribution in [-0.2, 0) is 0 Å². The highest BCUT2D eigenvalue weighted by Gasteiger charge is 2.30. The third-order valence-electron chi connectivity index (χ3n) is 6.23. The summed E-state index contributed by atoms with van der Waals surface area (Å²) < 4.78 is 30.8. The predicted molar refractivity (Wildman–Crippen MR) is 113 cm³/mol. The van der Waals surface area contributed by atoms with E-state index in [1.54, 1.807) is 18.1 Å². The van der Waals surface area contributed by atoms with Crippen LogP contribution in [0.4, 0.5) is 14.7 Å². The Morgan fingerprint density at radius 3 is 2.62 bits per heavy atom. The van der Waals surface area contributed by atoms with Gasteiger partial charge in [0.05, 0.1) is 5.56 Å². The summed E-state index contributed by atoms with van der Waals surface area (Å²) in [5.41, 5.74) is -0.633. The van der Waals surface area contributed by atoms with E-state index in [0.29, 0.717) is 17.0 Å². The van der Waals surface area contributed by atoms with Crippen molar-refractivity contribution in [3.8, 4) is 0 Å². The number of rotatable bonds is 5. The number of nitrogens with zero attached hydrogens (tertiary/aromatic N) is 4. The summed E-state index contributed by atoms with van der Waals surface area (Å²) >= 11 is 1.75. The summed E-state index contributed by atoms with van der Waals surface area (Å²) in [5.74, 6) is 0.717. The molecule has 4 rings (SSSR count). The molecule has 1 aliphatic carbocycles. The van der Waals surface area contributed by atoms with Gasteiger partial charge in [-0.1, -0.05) is 25.3 Å². The first-order valence-corrected chi connectivity index (χ1v) is 11.4. The van der Waals surface area contributed by atoms with Crippen molar-refractivity contribution < 1.29 is 8.78 Å². The van der Waals surface area contributed by atoms with Crippen LogP contribution in [0, 0.1) is 5.92 Å². The Balaban J connectivity index is 1.71. The van der Waals surface area contributed by atoms with E-state index in [1.807, 2.05) is 0 Å². The summed E-state index contributed by atoms with van der Waals surface area (Å²) in [5, 5.41) is 3.87. The average Bonchev–Trinajstić information content (AvgIpc) is 3.13. The minimum atomic E-state index is -2.81. The number of nitrogens with one attached hydrogen (secondary N) is 1. The average molecular weight is 424 g/mol. The van der Waals surface area contributed by atoms with Crippen LogP contribution in [0.25, 0.3) is 11.0 Å². The van der Waals surface area contributed by atoms with Gasteiger partial charge in [0.25, 0.3) is 12.0 Å². The molecule has 9 heteroatoms. The van der Waals surface area contributed by atoms with Crippen LogP contribution < -0.4 is 10.9 Å². The largest absolute Gasteiger partial charge is 0.351 e. The summed E-state index contributed by atoms with van der Waals surface area (Å²) in [7, 11) is 0. The zero-order valence-corrected chi connectivity index (χ0v) is 17.6. The molecule has 158 valence electrons. The molecule has 2 aliphatic rings. The summed E-state index contributed by atoms with van der Waals surface area (Å²) in [6, 6.07) is 1.41. The van der Waals surface area contributed by atoms with E-state index in [2.05, 4.69) is 32.8 Å². The number of aromatic nitrogens is 3. The summed E-state index contributed by atoms with van der Waals surface area (Å²) in [4.78, 5) is 21.9. The fourth-order valence-electron chi connectivity index (χ4n) is 4.55. The molecule has 1 aliphatic heterocycles. The van der Waals surface area contributed by atoms with Gasteiger partial charge in [-0.15, -0.1) is 0 Å². The first-order chi connectivity index (χ1) is 14.0. The van der Waals surface area contributed by atoms with Crippen molar-refractivity contribution in [3.05, 3.63) is 28.2 Å². The minimum Gasteiger partial charge on any atom is -0.351 e. The maximum absolute atomic E-state index is 13.5. The molecule has 6 nitrogen and oxygen atoms in total. The second-order valence-electron chi connectivity index (χ2n) is 8.05. The van der Waals surface area contributed by atoms with E-state index in [0.717, 1.165) is 45.2 Å². The van der Waals surface area contributed by atoms with Gasteiger partial charge in [-0.05, 0) is 43.9 Å². The van der Waals surface area contributed by atoms with Crippen molar-refractivity contribution in [2.75, 3.05) is 24.7 Å². The van der Waals surface area contributed by atoms with E-state index < -0.39 is 17.5 Å². The fourth-order valence-corrected chi connectivity index (χ4v) is 5.13. The molecule has 0 radical (unpaired) electrons. The van der Waals surface area contributed by atoms with Crippen LogP contribution in [0.15, 0.2) is 17.1 Å². The zero-order chi connectivity index (χ0) is 20.5. The van der Waals surface area contributed by atoms with Crippen molar-refractivity contribution in [2.24, 2.45) is 5.92 Å². The monoisotopic (exact) mass is 423 g/mol. The molecular weight excluding hydrogens is 396 g/mol. The van der Waals surface area contributed by atoms with Gasteiger partial charge in [0.15, 0.2) is 0 Å². The van der Waals surface area contributed by atoms with Crippen molar-refractivity contribution in [1.82, 2.24) is 18.8 Å². The Morgan fingerprint density at radius 2 is 2.00 bits per heavy atom. The first-order valence-electron chi connectivity index (χ1n) is 10.2. The minimum absolute atomic E-state index is 0.101. The van der Waals surface area contributed by atoms with E-state index >= 15 is 0 Å². The molecule has 1 N–H and O–H groups in total. The number of hydrogen-bond donors (Lipinski definition) is 1. The Morgan fingerprint density at radius 1 is 1.24 bits per heavy atom. The van der Waals surface area contributed by atoms with Gasteiger partial charge in [-0.2, -0.15) is 4.98 Å². The van der Waals surface area contributed by atoms with Gasteiger partial charge < -0.3 is 5.32 Å². The van der Waals surface area contributed by atoms with Crippen LogP contribution >= 0.6 is 11.9 Å². The lowest BCUT2D eigenvalue weighted by atomic mass is 10.1. The van der Waals surface area contributed by atoms with Crippen LogP contribution in [0.3, 0.4) is 0 Å². The summed E-state index contributed by atoms with van der Waals surface area (Å²) in [6.45, 7) is 4.06. The fraction of sp³-hybridized carbons (Fsp3) is 0.650. The van der Waals surface area contributed by atoms with E-state index in [9.17, 15) is 13.6 Å². The molecule has 2 aromatic rings. The number of alkyl halides is 2. The quantitative estimate of drug-likeness (QED) is 0.726. The van der Waals surface area contributed by atoms with Gasteiger partial charge in [-0.25, -0.2) is 13.8 Å². The third-order valence-corrected chi connectivity index (χ3v) is 7.11. The molecule has 2 fully saturated rings. The summed E-state index contributed by atoms with van der Waals surface area (Å²) in [6.07, 6.45) is 5.58. The van der Waals surface area contributed by atoms with E-state index in [4.69, 9.17) is 0 Å². The van der Waals surface area contributed by atoms with Crippen LogP contribution in [0.1, 0.15) is 57.1 Å². The van der Waals surface area contributed by atoms with Gasteiger partial charge >= 0.3 is 0 Å². The number of fused-ring (bicyclic) bond motifs is 1. The van der Waals surface area contributed by atoms with Gasteiger partial charge in [0.2, 0.25) is 5.95 Å². The number of piperidine rings is 1. The Kier molecular flexibility index (Phi) is 6.06. The lowest BCUT2D eigenvalue weighted by Crippen LogP contribution is -2.36. The highest BCUT2D eigenvalue weighted by Crippen LogP contribution is 2.36. The molecule has 0 bridgehead atoms. The van der Waals surface area contributed by atoms with Gasteiger partial charge in [0, 0.05) is 36.8 Å². The maximum Gasteiger partial charge on any atom is 0.269 e. The van der Waals surface area contributed by atoms with Crippen molar-refractivity contribution in [2.45, 2.75) is 57.5 Å². The Hall–Kier alpha value is -1.74.